The fourth-order valence-corrected chi connectivity index (χ4v) is 11.3. The molecule has 0 radical (unpaired) electrons. The summed E-state index contributed by atoms with van der Waals surface area (Å²) in [6.07, 6.45) is 10.00. The summed E-state index contributed by atoms with van der Waals surface area (Å²) in [5, 5.41) is 10.2. The fourth-order valence-electron chi connectivity index (χ4n) is 11.3. The van der Waals surface area contributed by atoms with Crippen molar-refractivity contribution in [1.29, 1.82) is 0 Å². The van der Waals surface area contributed by atoms with Crippen LogP contribution in [0.15, 0.2) is 176 Å². The zero-order valence-corrected chi connectivity index (χ0v) is 35.3. The zero-order chi connectivity index (χ0) is 41.4. The molecule has 4 nitrogen and oxygen atoms in total. The molecule has 4 heterocycles. The van der Waals surface area contributed by atoms with E-state index in [1.807, 2.05) is 0 Å². The van der Waals surface area contributed by atoms with Crippen molar-refractivity contribution in [1.82, 2.24) is 8.80 Å². The first-order valence-electron chi connectivity index (χ1n) is 21.9. The number of hydrogen-bond acceptors (Lipinski definition) is 2. The minimum Gasteiger partial charge on any atom is -0.334 e. The molecule has 8 aromatic carbocycles. The van der Waals surface area contributed by atoms with Crippen LogP contribution in [-0.4, -0.2) is 14.8 Å². The van der Waals surface area contributed by atoms with Gasteiger partial charge in [0.25, 0.3) is 0 Å². The van der Waals surface area contributed by atoms with Crippen LogP contribution in [0.25, 0.3) is 76.2 Å². The number of anilines is 5. The summed E-state index contributed by atoms with van der Waals surface area (Å²) in [5.41, 5.74) is 18.5. The number of nitrogens with zero attached hydrogens (tertiary/aromatic N) is 4. The Labute approximate surface area is 360 Å². The summed E-state index contributed by atoms with van der Waals surface area (Å²) in [5.74, 6) is 0. The number of hydrogen-bond donors (Lipinski definition) is 0. The van der Waals surface area contributed by atoms with E-state index >= 15 is 0 Å². The van der Waals surface area contributed by atoms with Crippen molar-refractivity contribution in [2.75, 3.05) is 9.80 Å². The van der Waals surface area contributed by atoms with Gasteiger partial charge >= 0.3 is 0 Å². The summed E-state index contributed by atoms with van der Waals surface area (Å²) < 4.78 is 5.11. The molecule has 4 aromatic heterocycles. The molecule has 0 saturated carbocycles. The molecule has 0 bridgehead atoms. The van der Waals surface area contributed by atoms with Crippen LogP contribution in [0.1, 0.15) is 28.7 Å². The van der Waals surface area contributed by atoms with Gasteiger partial charge in [0.2, 0.25) is 0 Å². The van der Waals surface area contributed by atoms with Gasteiger partial charge in [-0.3, -0.25) is 0 Å². The van der Waals surface area contributed by atoms with Gasteiger partial charge in [0.1, 0.15) is 0 Å². The lowest BCUT2D eigenvalue weighted by molar-refractivity contribution is 0.787. The molecule has 0 spiro atoms. The molecule has 1 unspecified atom stereocenters. The largest absolute Gasteiger partial charge is 0.334 e. The smallest absolute Gasteiger partial charge is 0.0641 e. The van der Waals surface area contributed by atoms with E-state index in [9.17, 15) is 0 Å². The van der Waals surface area contributed by atoms with Crippen molar-refractivity contribution in [2.24, 2.45) is 0 Å². The third kappa shape index (κ3) is 4.89. The van der Waals surface area contributed by atoms with Gasteiger partial charge in [-0.25, -0.2) is 0 Å². The van der Waals surface area contributed by atoms with E-state index in [4.69, 9.17) is 0 Å². The van der Waals surface area contributed by atoms with Crippen LogP contribution in [0.4, 0.5) is 28.4 Å². The van der Waals surface area contributed by atoms with Gasteiger partial charge in [0.05, 0.1) is 50.5 Å². The summed E-state index contributed by atoms with van der Waals surface area (Å²) in [7, 11) is 0. The molecule has 1 aliphatic rings. The maximum atomic E-state index is 2.59. The highest BCUT2D eigenvalue weighted by Crippen LogP contribution is 2.51. The van der Waals surface area contributed by atoms with E-state index in [0.29, 0.717) is 0 Å². The number of aryl methyl sites for hydroxylation is 4. The zero-order valence-electron chi connectivity index (χ0n) is 35.3. The number of benzene rings is 8. The topological polar surface area (TPSA) is 15.3 Å². The summed E-state index contributed by atoms with van der Waals surface area (Å²) in [6.45, 7) is 8.82. The third-order valence-electron chi connectivity index (χ3n) is 13.5. The Bertz CT molecular complexity index is 3800. The molecular weight excluding hydrogens is 753 g/mol. The molecule has 296 valence electrons. The van der Waals surface area contributed by atoms with Crippen LogP contribution < -0.4 is 9.80 Å². The summed E-state index contributed by atoms with van der Waals surface area (Å²) >= 11 is 0. The predicted molar refractivity (Wildman–Crippen MR) is 265 cm³/mol. The van der Waals surface area contributed by atoms with Crippen molar-refractivity contribution < 1.29 is 0 Å². The van der Waals surface area contributed by atoms with E-state index < -0.39 is 0 Å². The summed E-state index contributed by atoms with van der Waals surface area (Å²) in [4.78, 5) is 5.04. The van der Waals surface area contributed by atoms with Crippen LogP contribution in [0.3, 0.4) is 0 Å². The standard InChI is InChI=1S/C58H44N4/c1-35-27-36(2)30-41(29-35)59(39-15-7-5-8-16-39)51-25-23-43-47-33-54-48(34-53(47)61-49-21-13-11-19-45(49)55(51)57(43)61)44-24-26-52(56-46-20-12-14-22-50(46)62(54)58(44)56)60(40-17-9-6-10-18-40)42-31-37(3)28-38(4)32-42/h5-17,19-34,40H,18H2,1-4H3. The first-order chi connectivity index (χ1) is 30.4. The van der Waals surface area contributed by atoms with Crippen LogP contribution in [0.5, 0.6) is 0 Å². The Kier molecular flexibility index (Phi) is 7.37. The molecule has 13 rings (SSSR count). The van der Waals surface area contributed by atoms with Crippen LogP contribution >= 0.6 is 0 Å². The molecule has 62 heavy (non-hydrogen) atoms. The van der Waals surface area contributed by atoms with Crippen molar-refractivity contribution >= 4 is 105 Å². The van der Waals surface area contributed by atoms with Gasteiger partial charge in [0, 0.05) is 60.2 Å². The molecule has 1 atom stereocenters. The Hall–Kier alpha value is -7.56. The van der Waals surface area contributed by atoms with E-state index in [1.54, 1.807) is 0 Å². The normalized spacial score (nSPS) is 14.4. The number of aromatic nitrogens is 2. The van der Waals surface area contributed by atoms with E-state index in [2.05, 4.69) is 222 Å². The minimum atomic E-state index is 0.197. The van der Waals surface area contributed by atoms with Gasteiger partial charge < -0.3 is 18.6 Å². The van der Waals surface area contributed by atoms with E-state index in [-0.39, 0.29) is 6.04 Å². The highest BCUT2D eigenvalue weighted by Gasteiger charge is 2.29. The van der Waals surface area contributed by atoms with E-state index in [0.717, 1.165) is 12.1 Å². The molecule has 0 fully saturated rings. The lowest BCUT2D eigenvalue weighted by Crippen LogP contribution is -2.30. The minimum absolute atomic E-state index is 0.197. The molecular formula is C58H44N4. The Balaban J connectivity index is 1.12. The van der Waals surface area contributed by atoms with Crippen molar-refractivity contribution in [3.8, 4) is 0 Å². The second kappa shape index (κ2) is 13.0. The van der Waals surface area contributed by atoms with Crippen molar-refractivity contribution in [3.63, 3.8) is 0 Å². The average Bonchev–Trinajstić information content (AvgIpc) is 4.00. The van der Waals surface area contributed by atoms with Crippen molar-refractivity contribution in [2.45, 2.75) is 40.2 Å². The average molecular weight is 797 g/mol. The number of fused-ring (bicyclic) bond motifs is 12. The van der Waals surface area contributed by atoms with Gasteiger partial charge in [-0.2, -0.15) is 0 Å². The number of rotatable bonds is 6. The molecule has 4 heteroatoms. The number of allylic oxidation sites excluding steroid dienone is 2. The predicted octanol–water partition coefficient (Wildman–Crippen LogP) is 15.7. The lowest BCUT2D eigenvalue weighted by atomic mass is 9.99. The SMILES string of the molecule is Cc1cc(C)cc(N(c2ccccc2)c2ccc3c4cc5c(cc4n4c6ccccc6c2c34)c2ccc(N(c3cc(C)cc(C)c3)C3C=CC=CC3)c3c4ccccc4n5c23)c1. The quantitative estimate of drug-likeness (QED) is 0.167. The maximum absolute atomic E-state index is 2.59. The molecule has 0 amide bonds. The number of para-hydroxylation sites is 3. The molecule has 0 saturated heterocycles. The van der Waals surface area contributed by atoms with Crippen LogP contribution in [0, 0.1) is 27.7 Å². The second-order valence-electron chi connectivity index (χ2n) is 17.7. The highest BCUT2D eigenvalue weighted by molar-refractivity contribution is 6.32. The van der Waals surface area contributed by atoms with E-state index in [1.165, 1.54) is 121 Å². The van der Waals surface area contributed by atoms with Crippen molar-refractivity contribution in [3.05, 3.63) is 198 Å². The fraction of sp³-hybridized carbons (Fsp3) is 0.103. The van der Waals surface area contributed by atoms with Crippen LogP contribution in [0.2, 0.25) is 0 Å². The molecule has 0 N–H and O–H groups in total. The summed E-state index contributed by atoms with van der Waals surface area (Å²) in [6, 6.07) is 57.4. The van der Waals surface area contributed by atoms with Gasteiger partial charge in [-0.1, -0.05) is 103 Å². The van der Waals surface area contributed by atoms with Gasteiger partial charge in [-0.15, -0.1) is 0 Å². The lowest BCUT2D eigenvalue weighted by Gasteiger charge is -2.33. The Morgan fingerprint density at radius 3 is 1.50 bits per heavy atom. The second-order valence-corrected chi connectivity index (χ2v) is 17.7. The highest BCUT2D eigenvalue weighted by atomic mass is 15.2. The maximum Gasteiger partial charge on any atom is 0.0641 e. The van der Waals surface area contributed by atoms with Gasteiger partial charge in [-0.05, 0) is 129 Å². The van der Waals surface area contributed by atoms with Crippen LogP contribution in [-0.2, 0) is 0 Å². The Morgan fingerprint density at radius 1 is 0.419 bits per heavy atom. The Morgan fingerprint density at radius 2 is 0.935 bits per heavy atom. The first-order valence-corrected chi connectivity index (χ1v) is 21.9. The third-order valence-corrected chi connectivity index (χ3v) is 13.5. The van der Waals surface area contributed by atoms with Gasteiger partial charge in [0.15, 0.2) is 0 Å². The molecule has 12 aromatic rings. The monoisotopic (exact) mass is 796 g/mol. The first kappa shape index (κ1) is 35.2. The molecule has 0 aliphatic heterocycles. The molecule has 1 aliphatic carbocycles.